The van der Waals surface area contributed by atoms with Crippen molar-refractivity contribution in [1.82, 2.24) is 20.3 Å². The van der Waals surface area contributed by atoms with Crippen LogP contribution in [0.25, 0.3) is 0 Å². The molecule has 1 rings (SSSR count). The maximum absolute atomic E-state index is 11.6. The Morgan fingerprint density at radius 1 is 1.58 bits per heavy atom. The third-order valence-corrected chi connectivity index (χ3v) is 2.53. The van der Waals surface area contributed by atoms with Crippen molar-refractivity contribution in [2.24, 2.45) is 5.73 Å². The maximum Gasteiger partial charge on any atom is 0.325 e. The van der Waals surface area contributed by atoms with E-state index < -0.39 is 12.0 Å². The minimum atomic E-state index is -0.998. The Morgan fingerprint density at radius 2 is 2.32 bits per heavy atom. The highest BCUT2D eigenvalue weighted by atomic mass is 16.4. The predicted molar refractivity (Wildman–Crippen MR) is 67.0 cm³/mol. The first-order valence-electron chi connectivity index (χ1n) is 6.17. The molecule has 1 aromatic rings. The van der Waals surface area contributed by atoms with Gasteiger partial charge in [-0.15, -0.1) is 5.10 Å². The van der Waals surface area contributed by atoms with Crippen LogP contribution in [-0.4, -0.2) is 38.0 Å². The fourth-order valence-electron chi connectivity index (χ4n) is 1.50. The van der Waals surface area contributed by atoms with E-state index in [9.17, 15) is 9.59 Å². The SMILES string of the molecule is CCCC[C@H](N)C(=O)NCc1cn(CC(=O)O)nn1. The molecule has 1 aromatic heterocycles. The second kappa shape index (κ2) is 7.47. The van der Waals surface area contributed by atoms with E-state index in [1.54, 1.807) is 0 Å². The number of amides is 1. The number of carboxylic acids is 1. The smallest absolute Gasteiger partial charge is 0.325 e. The van der Waals surface area contributed by atoms with Crippen molar-refractivity contribution in [2.75, 3.05) is 0 Å². The fourth-order valence-corrected chi connectivity index (χ4v) is 1.50. The van der Waals surface area contributed by atoms with Crippen molar-refractivity contribution in [3.8, 4) is 0 Å². The van der Waals surface area contributed by atoms with Crippen LogP contribution in [0.5, 0.6) is 0 Å². The van der Waals surface area contributed by atoms with Gasteiger partial charge in [-0.2, -0.15) is 0 Å². The standard InChI is InChI=1S/C11H19N5O3/c1-2-3-4-9(12)11(19)13-5-8-6-16(15-14-8)7-10(17)18/h6,9H,2-5,7,12H2,1H3,(H,13,19)(H,17,18)/t9-/m0/s1. The summed E-state index contributed by atoms with van der Waals surface area (Å²) in [5.41, 5.74) is 6.21. The zero-order chi connectivity index (χ0) is 14.3. The topological polar surface area (TPSA) is 123 Å². The zero-order valence-electron chi connectivity index (χ0n) is 10.9. The molecule has 0 saturated heterocycles. The van der Waals surface area contributed by atoms with Gasteiger partial charge in [0, 0.05) is 0 Å². The average Bonchev–Trinajstić information content (AvgIpc) is 2.79. The van der Waals surface area contributed by atoms with E-state index in [0.717, 1.165) is 12.8 Å². The van der Waals surface area contributed by atoms with Gasteiger partial charge in [-0.25, -0.2) is 4.68 Å². The van der Waals surface area contributed by atoms with Crippen molar-refractivity contribution in [2.45, 2.75) is 45.3 Å². The highest BCUT2D eigenvalue weighted by Gasteiger charge is 2.13. The molecule has 0 saturated carbocycles. The molecular weight excluding hydrogens is 250 g/mol. The molecule has 0 unspecified atom stereocenters. The normalized spacial score (nSPS) is 12.1. The van der Waals surface area contributed by atoms with E-state index in [-0.39, 0.29) is 19.0 Å². The molecule has 0 aliphatic rings. The van der Waals surface area contributed by atoms with Gasteiger partial charge in [0.15, 0.2) is 0 Å². The highest BCUT2D eigenvalue weighted by molar-refractivity contribution is 5.81. The van der Waals surface area contributed by atoms with Gasteiger partial charge in [-0.1, -0.05) is 25.0 Å². The Balaban J connectivity index is 2.37. The lowest BCUT2D eigenvalue weighted by molar-refractivity contribution is -0.138. The Bertz CT molecular complexity index is 432. The van der Waals surface area contributed by atoms with Crippen LogP contribution in [0.3, 0.4) is 0 Å². The highest BCUT2D eigenvalue weighted by Crippen LogP contribution is 1.99. The number of carboxylic acid groups (broad SMARTS) is 1. The molecule has 0 radical (unpaired) electrons. The van der Waals surface area contributed by atoms with Gasteiger partial charge in [-0.3, -0.25) is 9.59 Å². The summed E-state index contributed by atoms with van der Waals surface area (Å²) in [5, 5.41) is 18.6. The predicted octanol–water partition coefficient (Wildman–Crippen LogP) is -0.504. The first kappa shape index (κ1) is 15.1. The molecule has 106 valence electrons. The molecule has 0 aliphatic heterocycles. The number of rotatable bonds is 8. The average molecular weight is 269 g/mol. The number of carbonyl (C=O) groups excluding carboxylic acids is 1. The van der Waals surface area contributed by atoms with Gasteiger partial charge >= 0.3 is 5.97 Å². The number of aliphatic carboxylic acids is 1. The van der Waals surface area contributed by atoms with Crippen molar-refractivity contribution >= 4 is 11.9 Å². The second-order valence-corrected chi connectivity index (χ2v) is 4.27. The second-order valence-electron chi connectivity index (χ2n) is 4.27. The van der Waals surface area contributed by atoms with Crippen LogP contribution in [0.4, 0.5) is 0 Å². The molecule has 0 aliphatic carbocycles. The van der Waals surface area contributed by atoms with Crippen LogP contribution in [0.1, 0.15) is 31.9 Å². The van der Waals surface area contributed by atoms with E-state index in [1.165, 1.54) is 10.9 Å². The third-order valence-electron chi connectivity index (χ3n) is 2.53. The van der Waals surface area contributed by atoms with Crippen LogP contribution >= 0.6 is 0 Å². The molecule has 0 spiro atoms. The lowest BCUT2D eigenvalue weighted by Crippen LogP contribution is -2.40. The van der Waals surface area contributed by atoms with Gasteiger partial charge in [0.05, 0.1) is 18.8 Å². The Hall–Kier alpha value is -1.96. The number of carbonyl (C=O) groups is 2. The molecule has 0 fully saturated rings. The molecule has 19 heavy (non-hydrogen) atoms. The van der Waals surface area contributed by atoms with Crippen LogP contribution < -0.4 is 11.1 Å². The number of aromatic nitrogens is 3. The molecule has 0 bridgehead atoms. The monoisotopic (exact) mass is 269 g/mol. The number of nitrogens with zero attached hydrogens (tertiary/aromatic N) is 3. The molecule has 8 heteroatoms. The van der Waals surface area contributed by atoms with Crippen LogP contribution in [0, 0.1) is 0 Å². The molecule has 4 N–H and O–H groups in total. The van der Waals surface area contributed by atoms with Crippen LogP contribution in [-0.2, 0) is 22.7 Å². The number of nitrogens with two attached hydrogens (primary N) is 1. The van der Waals surface area contributed by atoms with Crippen molar-refractivity contribution in [1.29, 1.82) is 0 Å². The van der Waals surface area contributed by atoms with Crippen molar-refractivity contribution in [3.05, 3.63) is 11.9 Å². The van der Waals surface area contributed by atoms with Crippen LogP contribution in [0.15, 0.2) is 6.20 Å². The van der Waals surface area contributed by atoms with Gasteiger partial charge in [-0.05, 0) is 6.42 Å². The lowest BCUT2D eigenvalue weighted by Gasteiger charge is -2.10. The molecule has 1 amide bonds. The van der Waals surface area contributed by atoms with Gasteiger partial charge in [0.2, 0.25) is 5.91 Å². The molecule has 8 nitrogen and oxygen atoms in total. The van der Waals surface area contributed by atoms with Gasteiger partial charge < -0.3 is 16.2 Å². The number of hydrogen-bond donors (Lipinski definition) is 3. The quantitative estimate of drug-likeness (QED) is 0.584. The largest absolute Gasteiger partial charge is 0.480 e. The first-order valence-corrected chi connectivity index (χ1v) is 6.17. The summed E-state index contributed by atoms with van der Waals surface area (Å²) in [4.78, 5) is 22.1. The molecule has 0 aromatic carbocycles. The summed E-state index contributed by atoms with van der Waals surface area (Å²) in [7, 11) is 0. The number of nitrogens with one attached hydrogen (secondary N) is 1. The summed E-state index contributed by atoms with van der Waals surface area (Å²) < 4.78 is 1.20. The Labute approximate surface area is 111 Å². The molecule has 1 atom stereocenters. The Morgan fingerprint density at radius 3 is 2.95 bits per heavy atom. The summed E-state index contributed by atoms with van der Waals surface area (Å²) in [6.07, 6.45) is 4.02. The van der Waals surface area contributed by atoms with E-state index in [4.69, 9.17) is 10.8 Å². The van der Waals surface area contributed by atoms with E-state index >= 15 is 0 Å². The summed E-state index contributed by atoms with van der Waals surface area (Å²) >= 11 is 0. The molecule has 1 heterocycles. The first-order chi connectivity index (χ1) is 9.02. The fraction of sp³-hybridized carbons (Fsp3) is 0.636. The number of hydrogen-bond acceptors (Lipinski definition) is 5. The Kier molecular flexibility index (Phi) is 5.94. The summed E-state index contributed by atoms with van der Waals surface area (Å²) in [5.74, 6) is -1.23. The summed E-state index contributed by atoms with van der Waals surface area (Å²) in [6, 6.07) is -0.519. The van der Waals surface area contributed by atoms with Crippen molar-refractivity contribution in [3.63, 3.8) is 0 Å². The summed E-state index contributed by atoms with van der Waals surface area (Å²) in [6.45, 7) is 1.97. The van der Waals surface area contributed by atoms with E-state index in [2.05, 4.69) is 15.6 Å². The van der Waals surface area contributed by atoms with Crippen molar-refractivity contribution < 1.29 is 14.7 Å². The minimum Gasteiger partial charge on any atom is -0.480 e. The minimum absolute atomic E-state index is 0.193. The van der Waals surface area contributed by atoms with Gasteiger partial charge in [0.1, 0.15) is 12.2 Å². The van der Waals surface area contributed by atoms with E-state index in [0.29, 0.717) is 12.1 Å². The number of unbranched alkanes of at least 4 members (excludes halogenated alkanes) is 1. The molecular formula is C11H19N5O3. The maximum atomic E-state index is 11.6. The van der Waals surface area contributed by atoms with Gasteiger partial charge in [0.25, 0.3) is 0 Å². The third kappa shape index (κ3) is 5.47. The van der Waals surface area contributed by atoms with Crippen LogP contribution in [0.2, 0.25) is 0 Å². The lowest BCUT2D eigenvalue weighted by atomic mass is 10.1. The zero-order valence-corrected chi connectivity index (χ0v) is 10.9. The van der Waals surface area contributed by atoms with E-state index in [1.807, 2.05) is 6.92 Å².